The Bertz CT molecular complexity index is 933. The number of nitrogens with one attached hydrogen (secondary N) is 2. The zero-order valence-electron chi connectivity index (χ0n) is 16.5. The second-order valence-corrected chi connectivity index (χ2v) is 6.41. The van der Waals surface area contributed by atoms with Crippen molar-refractivity contribution in [2.75, 3.05) is 11.9 Å². The third-order valence-corrected chi connectivity index (χ3v) is 3.99. The predicted octanol–water partition coefficient (Wildman–Crippen LogP) is 3.64. The number of aromatic nitrogens is 2. The first-order valence-corrected chi connectivity index (χ1v) is 9.01. The molecule has 0 aromatic carbocycles. The lowest BCUT2D eigenvalue weighted by molar-refractivity contribution is -0.290. The summed E-state index contributed by atoms with van der Waals surface area (Å²) in [7, 11) is 0. The van der Waals surface area contributed by atoms with Gasteiger partial charge in [0.1, 0.15) is 5.82 Å². The van der Waals surface area contributed by atoms with Crippen LogP contribution in [0.15, 0.2) is 30.5 Å². The lowest BCUT2D eigenvalue weighted by Gasteiger charge is -2.19. The van der Waals surface area contributed by atoms with Gasteiger partial charge >= 0.3 is 12.1 Å². The normalized spacial score (nSPS) is 11.7. The summed E-state index contributed by atoms with van der Waals surface area (Å²) in [5.41, 5.74) is 1.12. The Morgan fingerprint density at radius 1 is 1.10 bits per heavy atom. The van der Waals surface area contributed by atoms with Crippen molar-refractivity contribution in [1.29, 1.82) is 0 Å². The number of ether oxygens (including phenoxy) is 1. The van der Waals surface area contributed by atoms with E-state index in [9.17, 15) is 31.5 Å². The monoisotopic (exact) mass is 446 g/mol. The van der Waals surface area contributed by atoms with Gasteiger partial charge in [0.2, 0.25) is 11.8 Å². The predicted molar refractivity (Wildman–Crippen MR) is 99.8 cm³/mol. The van der Waals surface area contributed by atoms with Gasteiger partial charge in [-0.25, -0.2) is 9.97 Å². The number of nitrogens with zero attached hydrogens (tertiary/aromatic N) is 2. The maximum absolute atomic E-state index is 12.9. The van der Waals surface area contributed by atoms with E-state index in [-0.39, 0.29) is 24.4 Å². The van der Waals surface area contributed by atoms with E-state index in [0.717, 1.165) is 6.07 Å². The molecule has 0 fully saturated rings. The van der Waals surface area contributed by atoms with Crippen molar-refractivity contribution in [3.05, 3.63) is 47.3 Å². The van der Waals surface area contributed by atoms with Crippen LogP contribution < -0.4 is 15.4 Å². The molecule has 12 heteroatoms. The number of aryl methyl sites for hydroxylation is 1. The molecule has 0 saturated heterocycles. The smallest absolute Gasteiger partial charge is 0.456 e. The summed E-state index contributed by atoms with van der Waals surface area (Å²) in [5.74, 6) is -5.77. The molecule has 0 saturated carbocycles. The van der Waals surface area contributed by atoms with Gasteiger partial charge in [-0.3, -0.25) is 9.59 Å². The van der Waals surface area contributed by atoms with Crippen LogP contribution >= 0.6 is 0 Å². The average Bonchev–Trinajstić information content (AvgIpc) is 2.70. The first kappa shape index (κ1) is 24.0. The first-order chi connectivity index (χ1) is 14.4. The first-order valence-electron chi connectivity index (χ1n) is 9.01. The fourth-order valence-corrected chi connectivity index (χ4v) is 2.23. The molecule has 2 N–H and O–H groups in total. The van der Waals surface area contributed by atoms with Crippen molar-refractivity contribution < 1.29 is 36.3 Å². The summed E-state index contributed by atoms with van der Waals surface area (Å²) in [6.07, 6.45) is -4.26. The number of pyridine rings is 2. The van der Waals surface area contributed by atoms with Crippen LogP contribution in [0.2, 0.25) is 0 Å². The molecule has 7 nitrogen and oxygen atoms in total. The van der Waals surface area contributed by atoms with Crippen LogP contribution in [-0.2, 0) is 11.3 Å². The molecule has 0 radical (unpaired) electrons. The maximum atomic E-state index is 12.9. The highest BCUT2D eigenvalue weighted by Crippen LogP contribution is 2.35. The largest absolute Gasteiger partial charge is 0.471 e. The molecule has 2 rings (SSSR count). The zero-order chi connectivity index (χ0) is 23.2. The van der Waals surface area contributed by atoms with E-state index in [4.69, 9.17) is 0 Å². The number of hydrogen-bond donors (Lipinski definition) is 2. The van der Waals surface area contributed by atoms with E-state index in [0.29, 0.717) is 17.1 Å². The van der Waals surface area contributed by atoms with E-state index in [2.05, 4.69) is 25.3 Å². The van der Waals surface area contributed by atoms with Gasteiger partial charge in [-0.2, -0.15) is 22.0 Å². The quantitative estimate of drug-likeness (QED) is 0.604. The summed E-state index contributed by atoms with van der Waals surface area (Å²) in [6, 6.07) is 5.47. The van der Waals surface area contributed by atoms with Crippen LogP contribution in [-0.4, -0.2) is 40.5 Å². The molecule has 0 spiro atoms. The van der Waals surface area contributed by atoms with Gasteiger partial charge in [0.15, 0.2) is 6.61 Å². The van der Waals surface area contributed by atoms with E-state index in [1.165, 1.54) is 24.4 Å². The van der Waals surface area contributed by atoms with Gasteiger partial charge in [0.05, 0.1) is 11.3 Å². The fourth-order valence-electron chi connectivity index (χ4n) is 2.23. The van der Waals surface area contributed by atoms with Crippen molar-refractivity contribution in [2.45, 2.75) is 38.9 Å². The van der Waals surface area contributed by atoms with E-state index < -0.39 is 30.5 Å². The molecule has 2 heterocycles. The highest BCUT2D eigenvalue weighted by Gasteiger charge is 2.58. The highest BCUT2D eigenvalue weighted by molar-refractivity contribution is 5.96. The molecule has 0 unspecified atom stereocenters. The Hall–Kier alpha value is -3.31. The van der Waals surface area contributed by atoms with Crippen LogP contribution in [0.25, 0.3) is 0 Å². The Morgan fingerprint density at radius 3 is 2.35 bits per heavy atom. The molecule has 0 bridgehead atoms. The molecule has 31 heavy (non-hydrogen) atoms. The van der Waals surface area contributed by atoms with Gasteiger partial charge < -0.3 is 15.4 Å². The standard InChI is InChI=1S/C19H19F5N4O3/c1-3-15(29)28-14-6-5-13(11(2)27-14)17(30)26-9-12-4-7-16(25-8-12)31-10-18(20,21)19(22,23)24/h4-8H,3,9-10H2,1-2H3,(H,26,30)(H,27,28,29). The number of alkyl halides is 5. The van der Waals surface area contributed by atoms with Gasteiger partial charge in [-0.1, -0.05) is 13.0 Å². The molecule has 2 amide bonds. The summed E-state index contributed by atoms with van der Waals surface area (Å²) < 4.78 is 66.5. The molecular formula is C19H19F5N4O3. The molecule has 2 aromatic rings. The average molecular weight is 446 g/mol. The summed E-state index contributed by atoms with van der Waals surface area (Å²) in [4.78, 5) is 31.5. The molecule has 2 aromatic heterocycles. The van der Waals surface area contributed by atoms with Crippen molar-refractivity contribution in [3.8, 4) is 5.88 Å². The Labute approximate surface area is 174 Å². The van der Waals surface area contributed by atoms with Crippen molar-refractivity contribution in [1.82, 2.24) is 15.3 Å². The van der Waals surface area contributed by atoms with Gasteiger partial charge in [0, 0.05) is 25.2 Å². The zero-order valence-corrected chi connectivity index (χ0v) is 16.5. The summed E-state index contributed by atoms with van der Waals surface area (Å²) >= 11 is 0. The Kier molecular flexibility index (Phi) is 7.47. The van der Waals surface area contributed by atoms with Crippen LogP contribution in [0.1, 0.15) is 35.0 Å². The number of anilines is 1. The molecule has 0 aliphatic heterocycles. The second kappa shape index (κ2) is 9.67. The minimum atomic E-state index is -5.72. The Morgan fingerprint density at radius 2 is 1.81 bits per heavy atom. The molecule has 168 valence electrons. The summed E-state index contributed by atoms with van der Waals surface area (Å²) in [5, 5.41) is 5.19. The third kappa shape index (κ3) is 6.59. The molecule has 0 aliphatic carbocycles. The van der Waals surface area contributed by atoms with Crippen LogP contribution in [0, 0.1) is 6.92 Å². The minimum absolute atomic E-state index is 0.0125. The van der Waals surface area contributed by atoms with Crippen LogP contribution in [0.3, 0.4) is 0 Å². The SMILES string of the molecule is CCC(=O)Nc1ccc(C(=O)NCc2ccc(OCC(F)(F)C(F)(F)F)nc2)c(C)n1. The Balaban J connectivity index is 1.92. The lowest BCUT2D eigenvalue weighted by atomic mass is 10.2. The number of hydrogen-bond acceptors (Lipinski definition) is 5. The number of halogens is 5. The fraction of sp³-hybridized carbons (Fsp3) is 0.368. The van der Waals surface area contributed by atoms with Gasteiger partial charge in [-0.05, 0) is 24.6 Å². The lowest BCUT2D eigenvalue weighted by Crippen LogP contribution is -2.41. The van der Waals surface area contributed by atoms with Crippen molar-refractivity contribution in [2.24, 2.45) is 0 Å². The van der Waals surface area contributed by atoms with E-state index in [1.807, 2.05) is 0 Å². The number of amides is 2. The molecule has 0 atom stereocenters. The van der Waals surface area contributed by atoms with Crippen molar-refractivity contribution in [3.63, 3.8) is 0 Å². The number of carbonyl (C=O) groups is 2. The van der Waals surface area contributed by atoms with Crippen molar-refractivity contribution >= 4 is 17.6 Å². The molecular weight excluding hydrogens is 427 g/mol. The third-order valence-electron chi connectivity index (χ3n) is 3.99. The van der Waals surface area contributed by atoms with Crippen LogP contribution in [0.4, 0.5) is 27.8 Å². The second-order valence-electron chi connectivity index (χ2n) is 6.41. The molecule has 0 aliphatic rings. The number of carbonyl (C=O) groups excluding carboxylic acids is 2. The topological polar surface area (TPSA) is 93.2 Å². The van der Waals surface area contributed by atoms with E-state index in [1.54, 1.807) is 13.8 Å². The summed E-state index contributed by atoms with van der Waals surface area (Å²) in [6.45, 7) is 1.41. The highest BCUT2D eigenvalue weighted by atomic mass is 19.4. The van der Waals surface area contributed by atoms with Crippen LogP contribution in [0.5, 0.6) is 5.88 Å². The number of rotatable bonds is 8. The van der Waals surface area contributed by atoms with Gasteiger partial charge in [0.25, 0.3) is 5.91 Å². The minimum Gasteiger partial charge on any atom is -0.471 e. The van der Waals surface area contributed by atoms with Gasteiger partial charge in [-0.15, -0.1) is 0 Å². The van der Waals surface area contributed by atoms with E-state index >= 15 is 0 Å². The maximum Gasteiger partial charge on any atom is 0.456 e.